The Labute approximate surface area is 138 Å². The number of benzene rings is 3. The Balaban J connectivity index is 1.66. The predicted molar refractivity (Wildman–Crippen MR) is 94.4 cm³/mol. The van der Waals surface area contributed by atoms with Crippen LogP contribution in [-0.4, -0.2) is 0 Å². The molecule has 0 bridgehead atoms. The van der Waals surface area contributed by atoms with Crippen molar-refractivity contribution in [2.24, 2.45) is 0 Å². The molecule has 0 heterocycles. The van der Waals surface area contributed by atoms with E-state index in [1.54, 1.807) is 0 Å². The highest BCUT2D eigenvalue weighted by Crippen LogP contribution is 2.24. The van der Waals surface area contributed by atoms with Crippen molar-refractivity contribution in [1.29, 1.82) is 0 Å². The summed E-state index contributed by atoms with van der Waals surface area (Å²) in [7, 11) is 0. The smallest absolute Gasteiger partial charge is 0.129 e. The molecule has 2 nitrogen and oxygen atoms in total. The normalized spacial score (nSPS) is 10.2. The molecule has 0 unspecified atom stereocenters. The molecule has 22 heavy (non-hydrogen) atoms. The summed E-state index contributed by atoms with van der Waals surface area (Å²) in [6.45, 7) is 0.772. The first-order valence-corrected chi connectivity index (χ1v) is 7.90. The van der Waals surface area contributed by atoms with Crippen LogP contribution in [0.3, 0.4) is 0 Å². The number of ether oxygens (including phenoxy) is 1. The highest BCUT2D eigenvalue weighted by molar-refractivity contribution is 9.10. The molecule has 0 aromatic heterocycles. The van der Waals surface area contributed by atoms with Gasteiger partial charge >= 0.3 is 0 Å². The van der Waals surface area contributed by atoms with Crippen molar-refractivity contribution in [3.05, 3.63) is 88.9 Å². The Morgan fingerprint density at radius 1 is 0.773 bits per heavy atom. The van der Waals surface area contributed by atoms with Gasteiger partial charge in [-0.25, -0.2) is 0 Å². The largest absolute Gasteiger partial charge is 0.457 e. The number of anilines is 1. The van der Waals surface area contributed by atoms with E-state index in [1.807, 2.05) is 66.7 Å². The maximum Gasteiger partial charge on any atom is 0.129 e. The monoisotopic (exact) mass is 353 g/mol. The van der Waals surface area contributed by atoms with Gasteiger partial charge in [0.05, 0.1) is 0 Å². The predicted octanol–water partition coefficient (Wildman–Crippen LogP) is 5.85. The van der Waals surface area contributed by atoms with Crippen molar-refractivity contribution in [3.63, 3.8) is 0 Å². The standard InChI is InChI=1S/C19H16BrNO/c20-16-7-4-6-15(12-16)14-21-17-8-5-11-19(13-17)22-18-9-2-1-3-10-18/h1-13,21H,14H2. The molecule has 0 saturated heterocycles. The Morgan fingerprint density at radius 2 is 1.55 bits per heavy atom. The molecule has 110 valence electrons. The first kappa shape index (κ1) is 14.7. The highest BCUT2D eigenvalue weighted by atomic mass is 79.9. The maximum atomic E-state index is 5.84. The van der Waals surface area contributed by atoms with Crippen molar-refractivity contribution in [3.8, 4) is 11.5 Å². The van der Waals surface area contributed by atoms with E-state index in [9.17, 15) is 0 Å². The second-order valence-electron chi connectivity index (χ2n) is 4.93. The highest BCUT2D eigenvalue weighted by Gasteiger charge is 1.99. The topological polar surface area (TPSA) is 21.3 Å². The second kappa shape index (κ2) is 7.14. The summed E-state index contributed by atoms with van der Waals surface area (Å²) in [6, 6.07) is 26.0. The van der Waals surface area contributed by atoms with Crippen LogP contribution in [-0.2, 0) is 6.54 Å². The zero-order chi connectivity index (χ0) is 15.2. The molecule has 0 atom stereocenters. The van der Waals surface area contributed by atoms with Crippen LogP contribution in [0, 0.1) is 0 Å². The molecule has 0 radical (unpaired) electrons. The molecule has 3 rings (SSSR count). The number of para-hydroxylation sites is 1. The third-order valence-corrected chi connectivity index (χ3v) is 3.69. The van der Waals surface area contributed by atoms with Gasteiger partial charge in [-0.15, -0.1) is 0 Å². The average molecular weight is 354 g/mol. The van der Waals surface area contributed by atoms with Crippen molar-refractivity contribution < 1.29 is 4.74 Å². The molecule has 0 aliphatic carbocycles. The molecule has 0 spiro atoms. The Kier molecular flexibility index (Phi) is 4.76. The van der Waals surface area contributed by atoms with Gasteiger partial charge in [0.1, 0.15) is 11.5 Å². The molecule has 1 N–H and O–H groups in total. The van der Waals surface area contributed by atoms with Crippen LogP contribution in [0.2, 0.25) is 0 Å². The number of hydrogen-bond donors (Lipinski definition) is 1. The minimum Gasteiger partial charge on any atom is -0.457 e. The third-order valence-electron chi connectivity index (χ3n) is 3.20. The first-order chi connectivity index (χ1) is 10.8. The van der Waals surface area contributed by atoms with Crippen LogP contribution < -0.4 is 10.1 Å². The lowest BCUT2D eigenvalue weighted by molar-refractivity contribution is 0.483. The molecule has 3 aromatic rings. The van der Waals surface area contributed by atoms with E-state index in [0.717, 1.165) is 28.2 Å². The van der Waals surface area contributed by atoms with Gasteiger partial charge in [-0.05, 0) is 42.0 Å². The molecule has 3 aromatic carbocycles. The number of halogens is 1. The Morgan fingerprint density at radius 3 is 2.36 bits per heavy atom. The number of rotatable bonds is 5. The van der Waals surface area contributed by atoms with Crippen molar-refractivity contribution in [1.82, 2.24) is 0 Å². The molecular weight excluding hydrogens is 338 g/mol. The zero-order valence-electron chi connectivity index (χ0n) is 12.0. The molecule has 0 aliphatic rings. The molecule has 0 amide bonds. The Bertz CT molecular complexity index is 743. The van der Waals surface area contributed by atoms with Crippen LogP contribution in [0.1, 0.15) is 5.56 Å². The lowest BCUT2D eigenvalue weighted by atomic mass is 10.2. The van der Waals surface area contributed by atoms with Crippen molar-refractivity contribution in [2.45, 2.75) is 6.54 Å². The van der Waals surface area contributed by atoms with Crippen LogP contribution in [0.15, 0.2) is 83.3 Å². The fourth-order valence-corrected chi connectivity index (χ4v) is 2.59. The fourth-order valence-electron chi connectivity index (χ4n) is 2.15. The van der Waals surface area contributed by atoms with Crippen LogP contribution in [0.5, 0.6) is 11.5 Å². The van der Waals surface area contributed by atoms with E-state index in [-0.39, 0.29) is 0 Å². The zero-order valence-corrected chi connectivity index (χ0v) is 13.6. The van der Waals surface area contributed by atoms with Gasteiger partial charge in [0, 0.05) is 22.8 Å². The minimum atomic E-state index is 0.772. The summed E-state index contributed by atoms with van der Waals surface area (Å²) in [5.41, 5.74) is 2.26. The van der Waals surface area contributed by atoms with Gasteiger partial charge in [-0.2, -0.15) is 0 Å². The molecule has 0 aliphatic heterocycles. The first-order valence-electron chi connectivity index (χ1n) is 7.11. The van der Waals surface area contributed by atoms with Crippen LogP contribution in [0.4, 0.5) is 5.69 Å². The minimum absolute atomic E-state index is 0.772. The summed E-state index contributed by atoms with van der Waals surface area (Å²) in [5, 5.41) is 3.41. The van der Waals surface area contributed by atoms with E-state index in [1.165, 1.54) is 5.56 Å². The molecule has 0 saturated carbocycles. The van der Waals surface area contributed by atoms with Crippen molar-refractivity contribution in [2.75, 3.05) is 5.32 Å². The van der Waals surface area contributed by atoms with Gasteiger partial charge in [-0.1, -0.05) is 52.3 Å². The SMILES string of the molecule is Brc1cccc(CNc2cccc(Oc3ccccc3)c2)c1. The van der Waals surface area contributed by atoms with E-state index < -0.39 is 0 Å². The lowest BCUT2D eigenvalue weighted by Gasteiger charge is -2.10. The summed E-state index contributed by atoms with van der Waals surface area (Å²) in [4.78, 5) is 0. The maximum absolute atomic E-state index is 5.84. The van der Waals surface area contributed by atoms with Gasteiger partial charge < -0.3 is 10.1 Å². The van der Waals surface area contributed by atoms with E-state index in [4.69, 9.17) is 4.74 Å². The van der Waals surface area contributed by atoms with Gasteiger partial charge in [0.2, 0.25) is 0 Å². The van der Waals surface area contributed by atoms with Crippen LogP contribution >= 0.6 is 15.9 Å². The summed E-state index contributed by atoms with van der Waals surface area (Å²) < 4.78 is 6.93. The van der Waals surface area contributed by atoms with Gasteiger partial charge in [0.25, 0.3) is 0 Å². The van der Waals surface area contributed by atoms with Gasteiger partial charge in [-0.3, -0.25) is 0 Å². The van der Waals surface area contributed by atoms with E-state index in [0.29, 0.717) is 0 Å². The van der Waals surface area contributed by atoms with Crippen LogP contribution in [0.25, 0.3) is 0 Å². The summed E-state index contributed by atoms with van der Waals surface area (Å²) >= 11 is 3.49. The van der Waals surface area contributed by atoms with E-state index >= 15 is 0 Å². The number of nitrogens with one attached hydrogen (secondary N) is 1. The Hall–Kier alpha value is -2.26. The average Bonchev–Trinajstić information content (AvgIpc) is 2.54. The molecule has 0 fully saturated rings. The van der Waals surface area contributed by atoms with Crippen molar-refractivity contribution >= 4 is 21.6 Å². The lowest BCUT2D eigenvalue weighted by Crippen LogP contribution is -1.99. The van der Waals surface area contributed by atoms with Gasteiger partial charge in [0.15, 0.2) is 0 Å². The molecule has 3 heteroatoms. The summed E-state index contributed by atoms with van der Waals surface area (Å²) in [6.07, 6.45) is 0. The fraction of sp³-hybridized carbons (Fsp3) is 0.0526. The second-order valence-corrected chi connectivity index (χ2v) is 5.84. The quantitative estimate of drug-likeness (QED) is 0.620. The summed E-state index contributed by atoms with van der Waals surface area (Å²) in [5.74, 6) is 1.66. The third kappa shape index (κ3) is 4.12. The number of hydrogen-bond acceptors (Lipinski definition) is 2. The molecular formula is C19H16BrNO. The van der Waals surface area contributed by atoms with E-state index in [2.05, 4.69) is 33.4 Å².